The number of carbonyl (C=O) groups is 1. The molecule has 1 amide bonds. The van der Waals surface area contributed by atoms with Crippen LogP contribution in [0.3, 0.4) is 0 Å². The lowest BCUT2D eigenvalue weighted by atomic mass is 10.2. The third-order valence-corrected chi connectivity index (χ3v) is 4.91. The van der Waals surface area contributed by atoms with Gasteiger partial charge in [-0.2, -0.15) is 5.10 Å². The smallest absolute Gasteiger partial charge is 0.273 e. The van der Waals surface area contributed by atoms with Gasteiger partial charge < -0.3 is 0 Å². The van der Waals surface area contributed by atoms with Gasteiger partial charge in [-0.05, 0) is 31.5 Å². The first-order valence-corrected chi connectivity index (χ1v) is 9.29. The Hall–Kier alpha value is -2.21. The largest absolute Gasteiger partial charge is 0.295 e. The zero-order chi connectivity index (χ0) is 19.6. The minimum Gasteiger partial charge on any atom is -0.295 e. The fourth-order valence-corrected chi connectivity index (χ4v) is 3.69. The van der Waals surface area contributed by atoms with Crippen LogP contribution in [0, 0.1) is 13.8 Å². The number of aromatic nitrogens is 2. The van der Waals surface area contributed by atoms with Crippen LogP contribution in [0.25, 0.3) is 0 Å². The number of carbonyl (C=O) groups excluding carboxylic acids is 1. The second kappa shape index (κ2) is 8.21. The van der Waals surface area contributed by atoms with E-state index in [1.165, 1.54) is 12.1 Å². The van der Waals surface area contributed by atoms with E-state index in [0.29, 0.717) is 38.6 Å². The van der Waals surface area contributed by atoms with Crippen LogP contribution in [0.5, 0.6) is 0 Å². The zero-order valence-electron chi connectivity index (χ0n) is 14.7. The molecule has 3 aromatic rings. The highest BCUT2D eigenvalue weighted by atomic mass is 35.5. The first kappa shape index (κ1) is 19.5. The molecule has 0 aliphatic rings. The van der Waals surface area contributed by atoms with Gasteiger partial charge in [-0.25, -0.2) is 0 Å². The van der Waals surface area contributed by atoms with E-state index in [1.807, 2.05) is 41.9 Å². The van der Waals surface area contributed by atoms with Crippen molar-refractivity contribution in [1.29, 1.82) is 0 Å². The van der Waals surface area contributed by atoms with Gasteiger partial charge in [0, 0.05) is 10.7 Å². The molecule has 2 N–H and O–H groups in total. The first-order valence-electron chi connectivity index (χ1n) is 8.15. The molecule has 0 atom stereocenters. The Morgan fingerprint density at radius 1 is 1.07 bits per heavy atom. The summed E-state index contributed by atoms with van der Waals surface area (Å²) in [4.78, 5) is 12.7. The topological polar surface area (TPSA) is 59.0 Å². The Morgan fingerprint density at radius 2 is 1.70 bits per heavy atom. The molecule has 8 heteroatoms. The highest BCUT2D eigenvalue weighted by molar-refractivity contribution is 6.41. The summed E-state index contributed by atoms with van der Waals surface area (Å²) >= 11 is 18.1. The van der Waals surface area contributed by atoms with Crippen LogP contribution in [-0.4, -0.2) is 15.7 Å². The molecule has 3 rings (SSSR count). The van der Waals surface area contributed by atoms with E-state index in [-0.39, 0.29) is 5.91 Å². The Morgan fingerprint density at radius 3 is 2.33 bits per heavy atom. The molecule has 2 aromatic carbocycles. The minimum atomic E-state index is -0.327. The van der Waals surface area contributed by atoms with Gasteiger partial charge in [0.05, 0.1) is 33.5 Å². The molecule has 0 fully saturated rings. The molecule has 0 radical (unpaired) electrons. The number of nitrogens with zero attached hydrogens (tertiary/aromatic N) is 2. The average molecular weight is 424 g/mol. The van der Waals surface area contributed by atoms with Crippen LogP contribution in [-0.2, 0) is 6.54 Å². The maximum Gasteiger partial charge on any atom is 0.273 e. The quantitative estimate of drug-likeness (QED) is 0.550. The monoisotopic (exact) mass is 422 g/mol. The van der Waals surface area contributed by atoms with Gasteiger partial charge in [0.2, 0.25) is 0 Å². The summed E-state index contributed by atoms with van der Waals surface area (Å²) in [6.07, 6.45) is 0. The summed E-state index contributed by atoms with van der Waals surface area (Å²) < 4.78 is 1.81. The third kappa shape index (κ3) is 4.38. The molecular weight excluding hydrogens is 407 g/mol. The highest BCUT2D eigenvalue weighted by Crippen LogP contribution is 2.33. The van der Waals surface area contributed by atoms with E-state index >= 15 is 0 Å². The molecule has 0 unspecified atom stereocenters. The molecule has 1 heterocycles. The van der Waals surface area contributed by atoms with E-state index in [4.69, 9.17) is 34.8 Å². The van der Waals surface area contributed by atoms with Crippen molar-refractivity contribution in [2.24, 2.45) is 0 Å². The van der Waals surface area contributed by atoms with Gasteiger partial charge >= 0.3 is 0 Å². The maximum atomic E-state index is 12.7. The van der Waals surface area contributed by atoms with Crippen molar-refractivity contribution in [2.45, 2.75) is 20.4 Å². The number of benzene rings is 2. The number of amides is 1. The van der Waals surface area contributed by atoms with Crippen LogP contribution in [0.15, 0.2) is 42.5 Å². The van der Waals surface area contributed by atoms with Gasteiger partial charge in [-0.3, -0.25) is 20.3 Å². The van der Waals surface area contributed by atoms with Gasteiger partial charge in [0.25, 0.3) is 5.91 Å². The zero-order valence-corrected chi connectivity index (χ0v) is 17.0. The molecule has 27 heavy (non-hydrogen) atoms. The van der Waals surface area contributed by atoms with Crippen molar-refractivity contribution in [1.82, 2.24) is 15.2 Å². The number of rotatable bonds is 5. The average Bonchev–Trinajstić information content (AvgIpc) is 2.88. The number of nitrogens with one attached hydrogen (secondary N) is 2. The van der Waals surface area contributed by atoms with E-state index in [9.17, 15) is 4.79 Å². The molecule has 0 saturated carbocycles. The standard InChI is InChI=1S/C19H17Cl3N4O/c1-11-17(12(2)26(25-11)10-13-6-4-3-5-7-13)19(27)24-23-18-15(21)8-14(20)9-16(18)22/h3-9,23H,10H2,1-2H3,(H,24,27). The fourth-order valence-electron chi connectivity index (χ4n) is 2.78. The first-order chi connectivity index (χ1) is 12.9. The Balaban J connectivity index is 1.78. The lowest BCUT2D eigenvalue weighted by Gasteiger charge is -2.12. The van der Waals surface area contributed by atoms with Crippen molar-refractivity contribution in [2.75, 3.05) is 5.43 Å². The molecule has 0 aliphatic heterocycles. The molecule has 0 saturated heterocycles. The summed E-state index contributed by atoms with van der Waals surface area (Å²) in [5.41, 5.74) is 8.77. The number of aryl methyl sites for hydroxylation is 1. The Bertz CT molecular complexity index is 963. The van der Waals surface area contributed by atoms with Crippen molar-refractivity contribution < 1.29 is 4.79 Å². The van der Waals surface area contributed by atoms with E-state index in [1.54, 1.807) is 6.92 Å². The molecule has 140 valence electrons. The van der Waals surface area contributed by atoms with Crippen LogP contribution < -0.4 is 10.9 Å². The van der Waals surface area contributed by atoms with Gasteiger partial charge in [-0.15, -0.1) is 0 Å². The molecule has 0 spiro atoms. The third-order valence-electron chi connectivity index (χ3n) is 4.09. The second-order valence-electron chi connectivity index (χ2n) is 6.01. The van der Waals surface area contributed by atoms with E-state index in [2.05, 4.69) is 16.0 Å². The molecule has 0 bridgehead atoms. The Kier molecular flexibility index (Phi) is 5.95. The fraction of sp³-hybridized carbons (Fsp3) is 0.158. The van der Waals surface area contributed by atoms with Gasteiger partial charge in [0.15, 0.2) is 0 Å². The summed E-state index contributed by atoms with van der Waals surface area (Å²) in [6.45, 7) is 4.24. The van der Waals surface area contributed by atoms with Crippen LogP contribution in [0.2, 0.25) is 15.1 Å². The maximum absolute atomic E-state index is 12.7. The van der Waals surface area contributed by atoms with Crippen LogP contribution >= 0.6 is 34.8 Å². The lowest BCUT2D eigenvalue weighted by molar-refractivity contribution is 0.0961. The molecule has 1 aromatic heterocycles. The molecule has 5 nitrogen and oxygen atoms in total. The predicted octanol–water partition coefficient (Wildman–Crippen LogP) is 5.27. The number of hydrogen-bond donors (Lipinski definition) is 2. The van der Waals surface area contributed by atoms with Crippen LogP contribution in [0.1, 0.15) is 27.3 Å². The van der Waals surface area contributed by atoms with E-state index < -0.39 is 0 Å². The number of hydrogen-bond acceptors (Lipinski definition) is 3. The number of anilines is 1. The number of halogens is 3. The van der Waals surface area contributed by atoms with Crippen molar-refractivity contribution in [3.8, 4) is 0 Å². The predicted molar refractivity (Wildman–Crippen MR) is 110 cm³/mol. The SMILES string of the molecule is Cc1nn(Cc2ccccc2)c(C)c1C(=O)NNc1c(Cl)cc(Cl)cc1Cl. The summed E-state index contributed by atoms with van der Waals surface area (Å²) in [5.74, 6) is -0.327. The van der Waals surface area contributed by atoms with Crippen molar-refractivity contribution in [3.63, 3.8) is 0 Å². The van der Waals surface area contributed by atoms with Crippen LogP contribution in [0.4, 0.5) is 5.69 Å². The van der Waals surface area contributed by atoms with Crippen molar-refractivity contribution in [3.05, 3.63) is 80.0 Å². The van der Waals surface area contributed by atoms with E-state index in [0.717, 1.165) is 11.3 Å². The van der Waals surface area contributed by atoms with Gasteiger partial charge in [0.1, 0.15) is 0 Å². The minimum absolute atomic E-state index is 0.306. The van der Waals surface area contributed by atoms with Gasteiger partial charge in [-0.1, -0.05) is 65.1 Å². The van der Waals surface area contributed by atoms with Crippen molar-refractivity contribution >= 4 is 46.4 Å². The summed E-state index contributed by atoms with van der Waals surface area (Å²) in [7, 11) is 0. The normalized spacial score (nSPS) is 10.7. The summed E-state index contributed by atoms with van der Waals surface area (Å²) in [5, 5.41) is 5.51. The highest BCUT2D eigenvalue weighted by Gasteiger charge is 2.19. The lowest BCUT2D eigenvalue weighted by Crippen LogP contribution is -2.30. The Labute approximate surface area is 172 Å². The second-order valence-corrected chi connectivity index (χ2v) is 7.26. The molecular formula is C19H17Cl3N4O. The molecule has 0 aliphatic carbocycles. The summed E-state index contributed by atoms with van der Waals surface area (Å²) in [6, 6.07) is 13.0. The number of hydrazine groups is 1.